The highest BCUT2D eigenvalue weighted by molar-refractivity contribution is 5.97. The van der Waals surface area contributed by atoms with Gasteiger partial charge in [0.25, 0.3) is 0 Å². The zero-order chi connectivity index (χ0) is 44.2. The summed E-state index contributed by atoms with van der Waals surface area (Å²) in [5, 5.41) is 26.9. The molecule has 0 radical (unpaired) electrons. The number of hydrogen-bond acceptors (Lipinski definition) is 9. The van der Waals surface area contributed by atoms with E-state index in [4.69, 9.17) is 5.73 Å². The largest absolute Gasteiger partial charge is 0.481 e. The Morgan fingerprint density at radius 3 is 1.66 bits per heavy atom. The topological polar surface area (TPSA) is 239 Å². The molecule has 0 aliphatic rings. The monoisotopic (exact) mass is 829 g/mol. The van der Waals surface area contributed by atoms with Crippen molar-refractivity contribution in [2.24, 2.45) is 23.5 Å². The van der Waals surface area contributed by atoms with E-state index in [1.807, 2.05) is 0 Å². The van der Waals surface area contributed by atoms with Gasteiger partial charge >= 0.3 is 5.97 Å². The van der Waals surface area contributed by atoms with Gasteiger partial charge in [0.2, 0.25) is 23.6 Å². The van der Waals surface area contributed by atoms with Crippen LogP contribution in [0.1, 0.15) is 155 Å². The van der Waals surface area contributed by atoms with Crippen molar-refractivity contribution in [1.82, 2.24) is 16.0 Å². The minimum absolute atomic E-state index is 0.0257. The highest BCUT2D eigenvalue weighted by Crippen LogP contribution is 2.21. The Labute approximate surface area is 351 Å². The summed E-state index contributed by atoms with van der Waals surface area (Å²) < 4.78 is 0. The number of aliphatic hydroxyl groups is 1. The molecule has 0 bridgehead atoms. The number of carbonyl (C=O) groups is 8. The van der Waals surface area contributed by atoms with Gasteiger partial charge in [0.05, 0.1) is 25.1 Å². The van der Waals surface area contributed by atoms with Gasteiger partial charge < -0.3 is 31.9 Å². The van der Waals surface area contributed by atoms with Crippen LogP contribution in [0.15, 0.2) is 30.3 Å². The number of hydrogen-bond donors (Lipinski definition) is 6. The van der Waals surface area contributed by atoms with Crippen LogP contribution in [0.4, 0.5) is 0 Å². The lowest BCUT2D eigenvalue weighted by Crippen LogP contribution is -2.49. The molecule has 0 fully saturated rings. The van der Waals surface area contributed by atoms with E-state index in [1.165, 1.54) is 58.3 Å². The highest BCUT2D eigenvalue weighted by Gasteiger charge is 2.34. The predicted octanol–water partition coefficient (Wildman–Crippen LogP) is 5.29. The van der Waals surface area contributed by atoms with E-state index in [0.29, 0.717) is 12.0 Å². The minimum atomic E-state index is -1.35. The zero-order valence-corrected chi connectivity index (χ0v) is 35.9. The lowest BCUT2D eigenvalue weighted by molar-refractivity contribution is -0.141. The molecule has 14 heteroatoms. The molecule has 5 atom stereocenters. The lowest BCUT2D eigenvalue weighted by Gasteiger charge is -2.26. The number of amides is 4. The van der Waals surface area contributed by atoms with Crippen LogP contribution in [0.3, 0.4) is 0 Å². The molecule has 0 aromatic heterocycles. The number of nitrogens with one attached hydrogen (secondary N) is 3. The van der Waals surface area contributed by atoms with Gasteiger partial charge in [-0.05, 0) is 37.7 Å². The summed E-state index contributed by atoms with van der Waals surface area (Å²) >= 11 is 0. The van der Waals surface area contributed by atoms with Gasteiger partial charge in [-0.15, -0.1) is 0 Å². The number of aliphatic hydroxyl groups excluding tert-OH is 1. The first-order valence-corrected chi connectivity index (χ1v) is 21.7. The molecule has 14 nitrogen and oxygen atoms in total. The van der Waals surface area contributed by atoms with Crippen LogP contribution < -0.4 is 21.7 Å². The van der Waals surface area contributed by atoms with Gasteiger partial charge in [0.15, 0.2) is 17.3 Å². The molecular formula is C45H72N4O10. The van der Waals surface area contributed by atoms with Gasteiger partial charge in [0, 0.05) is 37.5 Å². The summed E-state index contributed by atoms with van der Waals surface area (Å²) in [6.45, 7) is 6.15. The number of carboxylic acids is 1. The van der Waals surface area contributed by atoms with Crippen LogP contribution in [-0.4, -0.2) is 81.9 Å². The molecular weight excluding hydrogens is 757 g/mol. The second kappa shape index (κ2) is 30.6. The molecule has 0 saturated carbocycles. The Bertz CT molecular complexity index is 1470. The molecule has 59 heavy (non-hydrogen) atoms. The molecule has 0 aliphatic heterocycles. The normalized spacial score (nSPS) is 13.7. The van der Waals surface area contributed by atoms with Gasteiger partial charge in [-0.1, -0.05) is 128 Å². The van der Waals surface area contributed by atoms with Gasteiger partial charge in [-0.25, -0.2) is 0 Å². The van der Waals surface area contributed by atoms with Crippen LogP contribution in [0.2, 0.25) is 0 Å². The third-order valence-electron chi connectivity index (χ3n) is 10.7. The number of carboxylic acid groups (broad SMARTS) is 1. The second-order valence-corrected chi connectivity index (χ2v) is 16.2. The summed E-state index contributed by atoms with van der Waals surface area (Å²) in [4.78, 5) is 103. The smallest absolute Gasteiger partial charge is 0.305 e. The Hall–Kier alpha value is -4.46. The van der Waals surface area contributed by atoms with E-state index < -0.39 is 109 Å². The van der Waals surface area contributed by atoms with Crippen molar-refractivity contribution < 1.29 is 48.6 Å². The third-order valence-corrected chi connectivity index (χ3v) is 10.7. The van der Waals surface area contributed by atoms with Gasteiger partial charge in [-0.3, -0.25) is 38.4 Å². The molecule has 7 N–H and O–H groups in total. The number of benzene rings is 1. The van der Waals surface area contributed by atoms with E-state index in [-0.39, 0.29) is 25.7 Å². The number of nitrogens with two attached hydrogens (primary N) is 1. The van der Waals surface area contributed by atoms with Crippen LogP contribution >= 0.6 is 0 Å². The fourth-order valence-electron chi connectivity index (χ4n) is 6.95. The molecule has 332 valence electrons. The highest BCUT2D eigenvalue weighted by atomic mass is 16.4. The van der Waals surface area contributed by atoms with E-state index in [2.05, 4.69) is 22.9 Å². The van der Waals surface area contributed by atoms with Crippen LogP contribution in [0.5, 0.6) is 0 Å². The fraction of sp³-hybridized carbons (Fsp3) is 0.689. The first kappa shape index (κ1) is 52.6. The van der Waals surface area contributed by atoms with Crippen LogP contribution in [0, 0.1) is 17.8 Å². The number of ketones is 3. The Kier molecular flexibility index (Phi) is 27.2. The molecule has 1 aromatic rings. The molecule has 0 unspecified atom stereocenters. The summed E-state index contributed by atoms with van der Waals surface area (Å²) in [7, 11) is 0. The Balaban J connectivity index is 2.97. The number of unbranched alkanes of at least 4 members (excludes halogenated alkanes) is 12. The summed E-state index contributed by atoms with van der Waals surface area (Å²) in [5.74, 6) is -8.09. The quantitative estimate of drug-likeness (QED) is 0.0483. The molecule has 1 rings (SSSR count). The first-order chi connectivity index (χ1) is 28.1. The predicted molar refractivity (Wildman–Crippen MR) is 226 cm³/mol. The molecule has 0 saturated heterocycles. The molecule has 4 amide bonds. The number of primary amides is 1. The average Bonchev–Trinajstić information content (AvgIpc) is 3.18. The second-order valence-electron chi connectivity index (χ2n) is 16.2. The summed E-state index contributed by atoms with van der Waals surface area (Å²) in [6, 6.07) is 5.05. The first-order valence-electron chi connectivity index (χ1n) is 21.7. The maximum Gasteiger partial charge on any atom is 0.305 e. The van der Waals surface area contributed by atoms with Crippen molar-refractivity contribution in [3.63, 3.8) is 0 Å². The maximum absolute atomic E-state index is 13.9. The van der Waals surface area contributed by atoms with E-state index in [1.54, 1.807) is 44.2 Å². The lowest BCUT2D eigenvalue weighted by atomic mass is 9.86. The van der Waals surface area contributed by atoms with Crippen LogP contribution in [-0.2, 0) is 44.8 Å². The number of aliphatic carboxylic acids is 1. The molecule has 0 aliphatic carbocycles. The Morgan fingerprint density at radius 1 is 0.644 bits per heavy atom. The minimum Gasteiger partial charge on any atom is -0.481 e. The Morgan fingerprint density at radius 2 is 1.17 bits per heavy atom. The fourth-order valence-corrected chi connectivity index (χ4v) is 6.95. The number of carbonyl (C=O) groups excluding carboxylic acids is 7. The van der Waals surface area contributed by atoms with Crippen molar-refractivity contribution in [1.29, 1.82) is 0 Å². The molecule has 1 aromatic carbocycles. The molecule has 0 heterocycles. The van der Waals surface area contributed by atoms with Crippen molar-refractivity contribution in [2.45, 2.75) is 174 Å². The van der Waals surface area contributed by atoms with E-state index in [9.17, 15) is 48.6 Å². The maximum atomic E-state index is 13.9. The van der Waals surface area contributed by atoms with Crippen molar-refractivity contribution in [3.05, 3.63) is 35.9 Å². The standard InChI is InChI=1S/C45H72N4O10/c1-5-6-7-8-9-10-11-12-13-14-15-16-20-23-42(55)47-37(29-43(56)57)40(53)28-35(31(2)3)45(59)48-36(26-33-21-18-17-19-22-33)39(52)27-34(24-25-41(46)54)44(58)49-38(30-50)32(4)51/h17-19,21-22,31,34-38,50H,5-16,20,23-30H2,1-4H3,(H2,46,54)(H,47,55)(H,48,59)(H,49,58)(H,56,57)/t34-,35+,36+,37+,38+/m1/s1. The summed E-state index contributed by atoms with van der Waals surface area (Å²) in [6.07, 6.45) is 13.2. The van der Waals surface area contributed by atoms with Crippen molar-refractivity contribution >= 4 is 46.9 Å². The molecule has 0 spiro atoms. The van der Waals surface area contributed by atoms with Gasteiger partial charge in [0.1, 0.15) is 6.04 Å². The van der Waals surface area contributed by atoms with E-state index >= 15 is 0 Å². The zero-order valence-electron chi connectivity index (χ0n) is 35.9. The van der Waals surface area contributed by atoms with E-state index in [0.717, 1.165) is 25.7 Å². The van der Waals surface area contributed by atoms with Crippen molar-refractivity contribution in [3.8, 4) is 0 Å². The number of rotatable bonds is 35. The number of Topliss-reactive ketones (excluding diaryl/α,β-unsaturated/α-hetero) is 3. The van der Waals surface area contributed by atoms with Gasteiger partial charge in [-0.2, -0.15) is 0 Å². The van der Waals surface area contributed by atoms with Crippen molar-refractivity contribution in [2.75, 3.05) is 6.61 Å². The third kappa shape index (κ3) is 23.7. The average molecular weight is 829 g/mol. The SMILES string of the molecule is CCCCCCCCCCCCCCCC(=O)N[C@@H](CC(=O)O)C(=O)C[C@H](C(=O)N[C@@H](Cc1ccccc1)C(=O)C[C@@H](CCC(N)=O)C(=O)N[C@@H](CO)C(C)=O)C(C)C. The van der Waals surface area contributed by atoms with Crippen LogP contribution in [0.25, 0.3) is 0 Å². The summed E-state index contributed by atoms with van der Waals surface area (Å²) in [5.41, 5.74) is 6.01.